The van der Waals surface area contributed by atoms with Crippen LogP contribution in [0.15, 0.2) is 59.0 Å². The van der Waals surface area contributed by atoms with Crippen LogP contribution in [0.3, 0.4) is 0 Å². The number of nitrogens with zero attached hydrogens (tertiary/aromatic N) is 2. The first-order valence-electron chi connectivity index (χ1n) is 9.46. The second-order valence-corrected chi connectivity index (χ2v) is 6.94. The number of carboxylic acid groups (broad SMARTS) is 1. The van der Waals surface area contributed by atoms with Gasteiger partial charge in [-0.2, -0.15) is 0 Å². The molecule has 1 aliphatic rings. The topological polar surface area (TPSA) is 78.6 Å². The van der Waals surface area contributed by atoms with E-state index >= 15 is 0 Å². The van der Waals surface area contributed by atoms with Crippen LogP contribution in [0.4, 0.5) is 5.82 Å². The highest BCUT2D eigenvalue weighted by molar-refractivity contribution is 5.95. The van der Waals surface area contributed by atoms with Gasteiger partial charge in [0.25, 0.3) is 0 Å². The molecule has 4 rings (SSSR count). The molecule has 0 amide bonds. The number of benzene rings is 1. The van der Waals surface area contributed by atoms with Gasteiger partial charge in [-0.25, -0.2) is 9.78 Å². The summed E-state index contributed by atoms with van der Waals surface area (Å²) in [6.45, 7) is 1.66. The minimum absolute atomic E-state index is 0.246. The van der Waals surface area contributed by atoms with Gasteiger partial charge in [0.1, 0.15) is 17.3 Å². The largest absolute Gasteiger partial charge is 0.478 e. The number of aromatic nitrogens is 1. The summed E-state index contributed by atoms with van der Waals surface area (Å²) in [5.74, 6) is 1.32. The number of carbonyl (C=O) groups is 1. The van der Waals surface area contributed by atoms with E-state index in [4.69, 9.17) is 9.40 Å². The van der Waals surface area contributed by atoms with Crippen LogP contribution < -0.4 is 5.32 Å². The summed E-state index contributed by atoms with van der Waals surface area (Å²) in [6, 6.07) is 17.0. The average molecular weight is 377 g/mol. The molecule has 144 valence electrons. The van der Waals surface area contributed by atoms with Crippen molar-refractivity contribution in [3.63, 3.8) is 0 Å². The highest BCUT2D eigenvalue weighted by Gasteiger charge is 2.28. The Balaban J connectivity index is 1.54. The maximum absolute atomic E-state index is 11.5. The second kappa shape index (κ2) is 7.86. The molecule has 6 nitrogen and oxygen atoms in total. The zero-order chi connectivity index (χ0) is 19.5. The quantitative estimate of drug-likeness (QED) is 0.662. The van der Waals surface area contributed by atoms with Gasteiger partial charge in [0.2, 0.25) is 0 Å². The molecule has 0 bridgehead atoms. The number of anilines is 1. The summed E-state index contributed by atoms with van der Waals surface area (Å²) in [5, 5.41) is 12.5. The van der Waals surface area contributed by atoms with E-state index in [1.165, 1.54) is 0 Å². The SMILES string of the molecule is CNc1cccc(C2CCCN2Cc2ccc(-c3ccccc3C(=O)O)o2)n1. The molecule has 3 aromatic rings. The Bertz CT molecular complexity index is 982. The molecule has 1 atom stereocenters. The van der Waals surface area contributed by atoms with E-state index < -0.39 is 5.97 Å². The Morgan fingerprint density at radius 3 is 2.89 bits per heavy atom. The van der Waals surface area contributed by atoms with E-state index in [1.54, 1.807) is 18.2 Å². The fourth-order valence-corrected chi connectivity index (χ4v) is 3.82. The number of aromatic carboxylic acids is 1. The van der Waals surface area contributed by atoms with E-state index in [-0.39, 0.29) is 11.6 Å². The Kier molecular flexibility index (Phi) is 5.12. The van der Waals surface area contributed by atoms with E-state index in [2.05, 4.69) is 16.3 Å². The molecule has 0 saturated carbocycles. The van der Waals surface area contributed by atoms with Crippen molar-refractivity contribution in [2.75, 3.05) is 18.9 Å². The van der Waals surface area contributed by atoms with Crippen LogP contribution in [-0.4, -0.2) is 34.6 Å². The van der Waals surface area contributed by atoms with Crippen molar-refractivity contribution in [3.05, 3.63) is 71.6 Å². The molecular formula is C22H23N3O3. The fraction of sp³-hybridized carbons (Fsp3) is 0.273. The van der Waals surface area contributed by atoms with Gasteiger partial charge in [-0.15, -0.1) is 0 Å². The number of furan rings is 1. The van der Waals surface area contributed by atoms with Crippen LogP contribution in [0.2, 0.25) is 0 Å². The molecule has 1 aliphatic heterocycles. The molecule has 6 heteroatoms. The lowest BCUT2D eigenvalue weighted by Crippen LogP contribution is -2.23. The predicted octanol–water partition coefficient (Wildman–Crippen LogP) is 4.42. The molecule has 1 aromatic carbocycles. The molecule has 28 heavy (non-hydrogen) atoms. The van der Waals surface area contributed by atoms with Gasteiger partial charge in [-0.3, -0.25) is 4.90 Å². The Labute approximate surface area is 163 Å². The molecule has 2 aromatic heterocycles. The molecule has 1 unspecified atom stereocenters. The lowest BCUT2D eigenvalue weighted by Gasteiger charge is -2.23. The minimum atomic E-state index is -0.955. The number of rotatable bonds is 6. The summed E-state index contributed by atoms with van der Waals surface area (Å²) in [6.07, 6.45) is 2.18. The second-order valence-electron chi connectivity index (χ2n) is 6.94. The van der Waals surface area contributed by atoms with Crippen LogP contribution in [0, 0.1) is 0 Å². The first kappa shape index (κ1) is 18.3. The van der Waals surface area contributed by atoms with Crippen LogP contribution in [0.25, 0.3) is 11.3 Å². The van der Waals surface area contributed by atoms with E-state index in [1.807, 2.05) is 37.4 Å². The van der Waals surface area contributed by atoms with Crippen LogP contribution in [-0.2, 0) is 6.54 Å². The minimum Gasteiger partial charge on any atom is -0.478 e. The van der Waals surface area contributed by atoms with E-state index in [0.717, 1.165) is 36.7 Å². The van der Waals surface area contributed by atoms with Crippen LogP contribution in [0.5, 0.6) is 0 Å². The molecule has 0 radical (unpaired) electrons. The van der Waals surface area contributed by atoms with Gasteiger partial charge in [0, 0.05) is 12.6 Å². The maximum atomic E-state index is 11.5. The molecule has 0 spiro atoms. The van der Waals surface area contributed by atoms with Crippen molar-refractivity contribution in [2.24, 2.45) is 0 Å². The summed E-state index contributed by atoms with van der Waals surface area (Å²) >= 11 is 0. The Morgan fingerprint density at radius 1 is 1.21 bits per heavy atom. The maximum Gasteiger partial charge on any atom is 0.336 e. The zero-order valence-electron chi connectivity index (χ0n) is 15.8. The van der Waals surface area contributed by atoms with Crippen molar-refractivity contribution in [2.45, 2.75) is 25.4 Å². The van der Waals surface area contributed by atoms with Gasteiger partial charge >= 0.3 is 5.97 Å². The number of hydrogen-bond acceptors (Lipinski definition) is 5. The number of pyridine rings is 1. The monoisotopic (exact) mass is 377 g/mol. The number of carboxylic acids is 1. The van der Waals surface area contributed by atoms with Crippen molar-refractivity contribution in [3.8, 4) is 11.3 Å². The summed E-state index contributed by atoms with van der Waals surface area (Å²) in [4.78, 5) is 18.5. The smallest absolute Gasteiger partial charge is 0.336 e. The first-order chi connectivity index (χ1) is 13.7. The highest BCUT2D eigenvalue weighted by atomic mass is 16.4. The molecule has 3 heterocycles. The van der Waals surface area contributed by atoms with Crippen molar-refractivity contribution < 1.29 is 14.3 Å². The van der Waals surface area contributed by atoms with Crippen LogP contribution in [0.1, 0.15) is 40.7 Å². The third-order valence-electron chi connectivity index (χ3n) is 5.18. The molecule has 0 aliphatic carbocycles. The number of likely N-dealkylation sites (tertiary alicyclic amines) is 1. The first-order valence-corrected chi connectivity index (χ1v) is 9.46. The fourth-order valence-electron chi connectivity index (χ4n) is 3.82. The summed E-state index contributed by atoms with van der Waals surface area (Å²) in [5.41, 5.74) is 1.91. The molecule has 1 fully saturated rings. The van der Waals surface area contributed by atoms with Crippen molar-refractivity contribution >= 4 is 11.8 Å². The lowest BCUT2D eigenvalue weighted by molar-refractivity contribution is 0.0697. The van der Waals surface area contributed by atoms with Gasteiger partial charge < -0.3 is 14.8 Å². The molecule has 2 N–H and O–H groups in total. The van der Waals surface area contributed by atoms with Crippen LogP contribution >= 0.6 is 0 Å². The Hall–Kier alpha value is -3.12. The van der Waals surface area contributed by atoms with Gasteiger partial charge in [-0.1, -0.05) is 24.3 Å². The highest BCUT2D eigenvalue weighted by Crippen LogP contribution is 2.34. The van der Waals surface area contributed by atoms with E-state index in [0.29, 0.717) is 17.9 Å². The standard InChI is InChI=1S/C22H23N3O3/c1-23-21-10-4-8-18(24-21)19-9-5-13-25(19)14-15-11-12-20(28-15)16-6-2-3-7-17(16)22(26)27/h2-4,6-8,10-12,19H,5,9,13-14H2,1H3,(H,23,24)(H,26,27). The number of nitrogens with one attached hydrogen (secondary N) is 1. The Morgan fingerprint density at radius 2 is 2.07 bits per heavy atom. The average Bonchev–Trinajstić information content (AvgIpc) is 3.38. The van der Waals surface area contributed by atoms with Crippen molar-refractivity contribution in [1.29, 1.82) is 0 Å². The lowest BCUT2D eigenvalue weighted by atomic mass is 10.1. The van der Waals surface area contributed by atoms with Gasteiger partial charge in [-0.05, 0) is 49.7 Å². The number of hydrogen-bond donors (Lipinski definition) is 2. The van der Waals surface area contributed by atoms with Crippen molar-refractivity contribution in [1.82, 2.24) is 9.88 Å². The third-order valence-corrected chi connectivity index (χ3v) is 5.18. The predicted molar refractivity (Wildman–Crippen MR) is 107 cm³/mol. The molecular weight excluding hydrogens is 354 g/mol. The molecule has 1 saturated heterocycles. The van der Waals surface area contributed by atoms with Gasteiger partial charge in [0.15, 0.2) is 0 Å². The van der Waals surface area contributed by atoms with Gasteiger partial charge in [0.05, 0.1) is 23.8 Å². The normalized spacial score (nSPS) is 17.0. The summed E-state index contributed by atoms with van der Waals surface area (Å²) in [7, 11) is 1.87. The third kappa shape index (κ3) is 3.64. The van der Waals surface area contributed by atoms with E-state index in [9.17, 15) is 9.90 Å². The zero-order valence-corrected chi connectivity index (χ0v) is 15.8. The summed E-state index contributed by atoms with van der Waals surface area (Å²) < 4.78 is 6.01.